The first-order valence-electron chi connectivity index (χ1n) is 8.50. The second-order valence-electron chi connectivity index (χ2n) is 6.43. The maximum Gasteiger partial charge on any atom is 0.266 e. The SMILES string of the molecule is CCNc1nc(C)c(C(=O)N2CCCC2c2cc(C(C)C)on2)s1. The van der Waals surface area contributed by atoms with Crippen LogP contribution in [0.1, 0.15) is 72.4 Å². The molecule has 1 atom stereocenters. The van der Waals surface area contributed by atoms with Crippen molar-refractivity contribution < 1.29 is 9.32 Å². The number of anilines is 1. The first-order chi connectivity index (χ1) is 11.5. The number of likely N-dealkylation sites (tertiary alicyclic amines) is 1. The van der Waals surface area contributed by atoms with Gasteiger partial charge in [0.15, 0.2) is 5.13 Å². The van der Waals surface area contributed by atoms with Crippen LogP contribution in [-0.2, 0) is 0 Å². The van der Waals surface area contributed by atoms with E-state index < -0.39 is 0 Å². The summed E-state index contributed by atoms with van der Waals surface area (Å²) in [4.78, 5) is 20.1. The predicted octanol–water partition coefficient (Wildman–Crippen LogP) is 3.97. The van der Waals surface area contributed by atoms with E-state index in [1.807, 2.05) is 24.8 Å². The summed E-state index contributed by atoms with van der Waals surface area (Å²) < 4.78 is 5.42. The molecular formula is C17H24N4O2S. The van der Waals surface area contributed by atoms with Crippen molar-refractivity contribution in [1.82, 2.24) is 15.0 Å². The van der Waals surface area contributed by atoms with E-state index in [9.17, 15) is 4.79 Å². The van der Waals surface area contributed by atoms with Crippen molar-refractivity contribution in [2.45, 2.75) is 52.5 Å². The molecule has 6 nitrogen and oxygen atoms in total. The van der Waals surface area contributed by atoms with Gasteiger partial charge < -0.3 is 14.7 Å². The topological polar surface area (TPSA) is 71.3 Å². The fraction of sp³-hybridized carbons (Fsp3) is 0.588. The third-order valence-corrected chi connectivity index (χ3v) is 5.39. The zero-order valence-electron chi connectivity index (χ0n) is 14.6. The maximum atomic E-state index is 13.0. The third-order valence-electron chi connectivity index (χ3n) is 4.29. The number of carbonyl (C=O) groups is 1. The quantitative estimate of drug-likeness (QED) is 0.885. The van der Waals surface area contributed by atoms with Crippen molar-refractivity contribution >= 4 is 22.4 Å². The van der Waals surface area contributed by atoms with Gasteiger partial charge in [-0.25, -0.2) is 4.98 Å². The Hall–Kier alpha value is -1.89. The van der Waals surface area contributed by atoms with Crippen LogP contribution >= 0.6 is 11.3 Å². The number of rotatable bonds is 5. The van der Waals surface area contributed by atoms with E-state index in [1.165, 1.54) is 11.3 Å². The highest BCUT2D eigenvalue weighted by Gasteiger charge is 2.34. The molecule has 0 saturated carbocycles. The Bertz CT molecular complexity index is 722. The van der Waals surface area contributed by atoms with Crippen LogP contribution in [-0.4, -0.2) is 34.0 Å². The van der Waals surface area contributed by atoms with Crippen LogP contribution in [0, 0.1) is 6.92 Å². The molecule has 24 heavy (non-hydrogen) atoms. The van der Waals surface area contributed by atoms with Crippen LogP contribution in [0.4, 0.5) is 5.13 Å². The summed E-state index contributed by atoms with van der Waals surface area (Å²) in [5, 5.41) is 8.19. The summed E-state index contributed by atoms with van der Waals surface area (Å²) in [6.07, 6.45) is 1.91. The lowest BCUT2D eigenvalue weighted by atomic mass is 10.1. The summed E-state index contributed by atoms with van der Waals surface area (Å²) in [5.41, 5.74) is 1.65. The lowest BCUT2D eigenvalue weighted by molar-refractivity contribution is 0.0734. The molecule has 1 unspecified atom stereocenters. The Morgan fingerprint density at radius 2 is 2.33 bits per heavy atom. The molecule has 0 bridgehead atoms. The minimum atomic E-state index is -0.00201. The Balaban J connectivity index is 1.83. The molecule has 2 aromatic rings. The molecule has 0 spiro atoms. The summed E-state index contributed by atoms with van der Waals surface area (Å²) in [7, 11) is 0. The summed E-state index contributed by atoms with van der Waals surface area (Å²) in [6.45, 7) is 9.61. The molecule has 1 fully saturated rings. The van der Waals surface area contributed by atoms with E-state index in [2.05, 4.69) is 29.3 Å². The molecule has 3 heterocycles. The van der Waals surface area contributed by atoms with Crippen LogP contribution < -0.4 is 5.32 Å². The van der Waals surface area contributed by atoms with E-state index in [1.54, 1.807) is 0 Å². The summed E-state index contributed by atoms with van der Waals surface area (Å²) in [5.74, 6) is 1.21. The van der Waals surface area contributed by atoms with Crippen LogP contribution in [0.3, 0.4) is 0 Å². The second-order valence-corrected chi connectivity index (χ2v) is 7.43. The fourth-order valence-corrected chi connectivity index (χ4v) is 3.99. The Kier molecular flexibility index (Phi) is 4.89. The van der Waals surface area contributed by atoms with Crippen molar-refractivity contribution in [1.29, 1.82) is 0 Å². The molecule has 0 aromatic carbocycles. The fourth-order valence-electron chi connectivity index (χ4n) is 3.00. The van der Waals surface area contributed by atoms with Crippen molar-refractivity contribution in [3.05, 3.63) is 28.1 Å². The van der Waals surface area contributed by atoms with E-state index in [0.717, 1.165) is 48.2 Å². The van der Waals surface area contributed by atoms with Gasteiger partial charge in [-0.15, -0.1) is 0 Å². The molecule has 7 heteroatoms. The maximum absolute atomic E-state index is 13.0. The minimum Gasteiger partial charge on any atom is -0.362 e. The highest BCUT2D eigenvalue weighted by Crippen LogP contribution is 2.35. The first kappa shape index (κ1) is 17.0. The number of hydrogen-bond donors (Lipinski definition) is 1. The molecule has 3 rings (SSSR count). The number of hydrogen-bond acceptors (Lipinski definition) is 6. The third kappa shape index (κ3) is 3.17. The van der Waals surface area contributed by atoms with Crippen molar-refractivity contribution in [2.75, 3.05) is 18.4 Å². The van der Waals surface area contributed by atoms with Gasteiger partial charge >= 0.3 is 0 Å². The molecule has 0 aliphatic carbocycles. The van der Waals surface area contributed by atoms with Crippen LogP contribution in [0.5, 0.6) is 0 Å². The monoisotopic (exact) mass is 348 g/mol. The van der Waals surface area contributed by atoms with Crippen LogP contribution in [0.2, 0.25) is 0 Å². The van der Waals surface area contributed by atoms with Crippen molar-refractivity contribution in [3.8, 4) is 0 Å². The normalized spacial score (nSPS) is 17.7. The van der Waals surface area contributed by atoms with E-state index >= 15 is 0 Å². The molecule has 2 aromatic heterocycles. The van der Waals surface area contributed by atoms with Gasteiger partial charge in [0.1, 0.15) is 16.3 Å². The van der Waals surface area contributed by atoms with E-state index in [0.29, 0.717) is 10.8 Å². The number of aryl methyl sites for hydroxylation is 1. The highest BCUT2D eigenvalue weighted by molar-refractivity contribution is 7.17. The summed E-state index contributed by atoms with van der Waals surface area (Å²) >= 11 is 1.43. The number of aromatic nitrogens is 2. The number of amides is 1. The second kappa shape index (κ2) is 6.93. The zero-order valence-corrected chi connectivity index (χ0v) is 15.4. The van der Waals surface area contributed by atoms with E-state index in [4.69, 9.17) is 4.52 Å². The van der Waals surface area contributed by atoms with Gasteiger partial charge in [0.25, 0.3) is 5.91 Å². The Morgan fingerprint density at radius 1 is 1.54 bits per heavy atom. The molecule has 1 amide bonds. The van der Waals surface area contributed by atoms with Crippen LogP contribution in [0.15, 0.2) is 10.6 Å². The predicted molar refractivity (Wildman–Crippen MR) is 94.6 cm³/mol. The van der Waals surface area contributed by atoms with Crippen molar-refractivity contribution in [3.63, 3.8) is 0 Å². The van der Waals surface area contributed by atoms with Gasteiger partial charge in [-0.1, -0.05) is 30.3 Å². The number of nitrogens with one attached hydrogen (secondary N) is 1. The molecule has 1 N–H and O–H groups in total. The zero-order chi connectivity index (χ0) is 17.3. The van der Waals surface area contributed by atoms with E-state index in [-0.39, 0.29) is 11.9 Å². The van der Waals surface area contributed by atoms with Gasteiger partial charge in [-0.2, -0.15) is 0 Å². The molecule has 1 saturated heterocycles. The lowest BCUT2D eigenvalue weighted by Crippen LogP contribution is -2.30. The molecular weight excluding hydrogens is 324 g/mol. The summed E-state index contributed by atoms with van der Waals surface area (Å²) in [6, 6.07) is 1.99. The molecule has 0 radical (unpaired) electrons. The van der Waals surface area contributed by atoms with Gasteiger partial charge in [0.2, 0.25) is 0 Å². The molecule has 1 aliphatic rings. The lowest BCUT2D eigenvalue weighted by Gasteiger charge is -2.22. The number of carbonyl (C=O) groups excluding carboxylic acids is 1. The van der Waals surface area contributed by atoms with Crippen LogP contribution in [0.25, 0.3) is 0 Å². The average molecular weight is 348 g/mol. The Morgan fingerprint density at radius 3 is 3.00 bits per heavy atom. The molecule has 130 valence electrons. The largest absolute Gasteiger partial charge is 0.362 e. The van der Waals surface area contributed by atoms with Crippen molar-refractivity contribution in [2.24, 2.45) is 0 Å². The molecule has 1 aliphatic heterocycles. The first-order valence-corrected chi connectivity index (χ1v) is 9.31. The number of thiazole rings is 1. The standard InChI is InChI=1S/C17H24N4O2S/c1-5-18-17-19-11(4)15(24-17)16(22)21-8-6-7-13(21)12-9-14(10(2)3)23-20-12/h9-10,13H,5-8H2,1-4H3,(H,18,19). The van der Waals surface area contributed by atoms with Gasteiger partial charge in [-0.3, -0.25) is 4.79 Å². The average Bonchev–Trinajstić information content (AvgIpc) is 3.25. The van der Waals surface area contributed by atoms with Gasteiger partial charge in [0, 0.05) is 25.1 Å². The van der Waals surface area contributed by atoms with Gasteiger partial charge in [0.05, 0.1) is 11.7 Å². The smallest absolute Gasteiger partial charge is 0.266 e. The van der Waals surface area contributed by atoms with Gasteiger partial charge in [-0.05, 0) is 26.7 Å². The highest BCUT2D eigenvalue weighted by atomic mass is 32.1. The Labute approximate surface area is 146 Å². The number of nitrogens with zero attached hydrogens (tertiary/aromatic N) is 3. The minimum absolute atomic E-state index is 0.00201.